The summed E-state index contributed by atoms with van der Waals surface area (Å²) in [4.78, 5) is 14.4. The molecule has 0 aliphatic carbocycles. The van der Waals surface area contributed by atoms with Gasteiger partial charge in [-0.1, -0.05) is 15.9 Å². The van der Waals surface area contributed by atoms with Crippen LogP contribution in [0.1, 0.15) is 17.0 Å². The van der Waals surface area contributed by atoms with Gasteiger partial charge in [0.1, 0.15) is 0 Å². The summed E-state index contributed by atoms with van der Waals surface area (Å²) in [5.74, 6) is 1.57. The second-order valence-electron chi connectivity index (χ2n) is 5.89. The predicted octanol–water partition coefficient (Wildman–Crippen LogP) is 3.78. The number of rotatable bonds is 5. The molecule has 1 heterocycles. The molecule has 25 heavy (non-hydrogen) atoms. The third-order valence-electron chi connectivity index (χ3n) is 4.52. The van der Waals surface area contributed by atoms with Crippen LogP contribution in [0.15, 0.2) is 34.8 Å². The molecule has 132 valence electrons. The Kier molecular flexibility index (Phi) is 4.90. The minimum atomic E-state index is -0.236. The fourth-order valence-corrected chi connectivity index (χ4v) is 3.66. The van der Waals surface area contributed by atoms with Crippen LogP contribution in [0, 0.1) is 0 Å². The average Bonchev–Trinajstić information content (AvgIpc) is 2.85. The normalized spacial score (nSPS) is 16.0. The van der Waals surface area contributed by atoms with Crippen molar-refractivity contribution in [3.63, 3.8) is 0 Å². The van der Waals surface area contributed by atoms with Crippen LogP contribution in [0.5, 0.6) is 17.2 Å². The van der Waals surface area contributed by atoms with Gasteiger partial charge in [0.25, 0.3) is 0 Å². The quantitative estimate of drug-likeness (QED) is 0.759. The van der Waals surface area contributed by atoms with Crippen LogP contribution < -0.4 is 19.1 Å². The third-order valence-corrected chi connectivity index (χ3v) is 5.01. The summed E-state index contributed by atoms with van der Waals surface area (Å²) in [6, 6.07) is 9.71. The largest absolute Gasteiger partial charge is 0.493 e. The monoisotopic (exact) mass is 405 g/mol. The van der Waals surface area contributed by atoms with Gasteiger partial charge in [-0.2, -0.15) is 0 Å². The topological polar surface area (TPSA) is 48.0 Å². The van der Waals surface area contributed by atoms with Crippen LogP contribution in [0.4, 0.5) is 5.69 Å². The number of fused-ring (bicyclic) bond motifs is 1. The molecule has 0 unspecified atom stereocenters. The van der Waals surface area contributed by atoms with E-state index >= 15 is 0 Å². The molecule has 5 nitrogen and oxygen atoms in total. The van der Waals surface area contributed by atoms with Crippen LogP contribution in [-0.4, -0.2) is 34.3 Å². The molecule has 0 radical (unpaired) electrons. The summed E-state index contributed by atoms with van der Waals surface area (Å²) in [5.41, 5.74) is 2.93. The van der Waals surface area contributed by atoms with Gasteiger partial charge in [-0.25, -0.2) is 0 Å². The fourth-order valence-electron chi connectivity index (χ4n) is 3.28. The van der Waals surface area contributed by atoms with Gasteiger partial charge in [-0.15, -0.1) is 0 Å². The van der Waals surface area contributed by atoms with E-state index in [1.165, 1.54) is 0 Å². The summed E-state index contributed by atoms with van der Waals surface area (Å²) >= 11 is 3.50. The van der Waals surface area contributed by atoms with Crippen molar-refractivity contribution in [3.8, 4) is 17.2 Å². The van der Waals surface area contributed by atoms with Crippen LogP contribution in [0.3, 0.4) is 0 Å². The lowest BCUT2D eigenvalue weighted by Crippen LogP contribution is -2.24. The molecular formula is C19H20BrNO4. The number of benzene rings is 2. The second kappa shape index (κ2) is 6.96. The molecule has 1 aliphatic rings. The Morgan fingerprint density at radius 1 is 1.04 bits per heavy atom. The zero-order chi connectivity index (χ0) is 18.1. The maximum Gasteiger partial charge on any atom is 0.234 e. The zero-order valence-corrected chi connectivity index (χ0v) is 16.2. The van der Waals surface area contributed by atoms with E-state index in [0.29, 0.717) is 23.7 Å². The number of halogens is 1. The summed E-state index contributed by atoms with van der Waals surface area (Å²) < 4.78 is 17.1. The van der Waals surface area contributed by atoms with E-state index in [1.807, 2.05) is 37.4 Å². The smallest absolute Gasteiger partial charge is 0.234 e. The minimum absolute atomic E-state index is 0.0850. The Morgan fingerprint density at radius 3 is 2.24 bits per heavy atom. The number of hydrogen-bond donors (Lipinski definition) is 0. The highest BCUT2D eigenvalue weighted by atomic mass is 79.9. The molecule has 0 bridgehead atoms. The highest BCUT2D eigenvalue weighted by Gasteiger charge is 2.35. The Hall–Kier alpha value is -2.21. The Labute approximate surface area is 155 Å². The van der Waals surface area contributed by atoms with Crippen LogP contribution >= 0.6 is 15.9 Å². The molecule has 0 spiro atoms. The summed E-state index contributed by atoms with van der Waals surface area (Å²) in [5, 5.41) is 0. The van der Waals surface area contributed by atoms with Gasteiger partial charge in [0.05, 0.1) is 27.2 Å². The van der Waals surface area contributed by atoms with Crippen molar-refractivity contribution >= 4 is 27.5 Å². The molecule has 0 saturated carbocycles. The first-order valence-electron chi connectivity index (χ1n) is 7.86. The number of anilines is 1. The summed E-state index contributed by atoms with van der Waals surface area (Å²) in [6.07, 6.45) is 0.559. The zero-order valence-electron chi connectivity index (χ0n) is 14.6. The van der Waals surface area contributed by atoms with E-state index in [9.17, 15) is 4.79 Å². The first-order chi connectivity index (χ1) is 12.0. The van der Waals surface area contributed by atoms with E-state index in [4.69, 9.17) is 14.2 Å². The van der Waals surface area contributed by atoms with Crippen LogP contribution in [0.25, 0.3) is 0 Å². The lowest BCUT2D eigenvalue weighted by Gasteiger charge is -2.16. The van der Waals surface area contributed by atoms with Gasteiger partial charge in [-0.05, 0) is 47.9 Å². The van der Waals surface area contributed by atoms with Gasteiger partial charge in [0, 0.05) is 17.2 Å². The predicted molar refractivity (Wildman–Crippen MR) is 100 cm³/mol. The average molecular weight is 406 g/mol. The van der Waals surface area contributed by atoms with Gasteiger partial charge >= 0.3 is 0 Å². The number of ether oxygens (including phenoxy) is 3. The SMILES string of the molecule is COc1cc(C[C@H]2C(=O)N(C)c3ccc(Br)cc32)cc(OC)c1OC. The second-order valence-corrected chi connectivity index (χ2v) is 6.81. The maximum atomic E-state index is 12.7. The molecule has 6 heteroatoms. The molecule has 0 N–H and O–H groups in total. The number of methoxy groups -OCH3 is 3. The minimum Gasteiger partial charge on any atom is -0.493 e. The highest BCUT2D eigenvalue weighted by molar-refractivity contribution is 9.10. The van der Waals surface area contributed by atoms with Crippen molar-refractivity contribution in [2.24, 2.45) is 0 Å². The molecule has 3 rings (SSSR count). The van der Waals surface area contributed by atoms with Gasteiger partial charge in [0.2, 0.25) is 11.7 Å². The van der Waals surface area contributed by atoms with Crippen molar-refractivity contribution in [3.05, 3.63) is 45.9 Å². The molecule has 0 saturated heterocycles. The van der Waals surface area contributed by atoms with E-state index in [1.54, 1.807) is 26.2 Å². The summed E-state index contributed by atoms with van der Waals surface area (Å²) in [6.45, 7) is 0. The number of likely N-dealkylation sites (N-methyl/N-ethyl adjacent to an activating group) is 1. The Bertz CT molecular complexity index is 796. The van der Waals surface area contributed by atoms with Gasteiger partial charge in [-0.3, -0.25) is 4.79 Å². The van der Waals surface area contributed by atoms with Crippen molar-refractivity contribution in [2.75, 3.05) is 33.3 Å². The molecule has 2 aromatic rings. The first kappa shape index (κ1) is 17.6. The number of amides is 1. The standard InChI is InChI=1S/C19H20BrNO4/c1-21-15-6-5-12(20)10-13(15)14(19(21)22)7-11-8-16(23-2)18(25-4)17(9-11)24-3/h5-6,8-10,14H,7H2,1-4H3/t14-/m1/s1. The van der Waals surface area contributed by atoms with Crippen molar-refractivity contribution < 1.29 is 19.0 Å². The van der Waals surface area contributed by atoms with Gasteiger partial charge < -0.3 is 19.1 Å². The lowest BCUT2D eigenvalue weighted by atomic mass is 9.93. The van der Waals surface area contributed by atoms with Crippen molar-refractivity contribution in [1.29, 1.82) is 0 Å². The number of hydrogen-bond acceptors (Lipinski definition) is 4. The molecule has 0 aromatic heterocycles. The van der Waals surface area contributed by atoms with Gasteiger partial charge in [0.15, 0.2) is 11.5 Å². The molecule has 1 atom stereocenters. The lowest BCUT2D eigenvalue weighted by molar-refractivity contribution is -0.119. The van der Waals surface area contributed by atoms with Crippen LogP contribution in [0.2, 0.25) is 0 Å². The molecular weight excluding hydrogens is 386 g/mol. The fraction of sp³-hybridized carbons (Fsp3) is 0.316. The molecule has 2 aromatic carbocycles. The Balaban J connectivity index is 2.01. The number of nitrogens with zero attached hydrogens (tertiary/aromatic N) is 1. The Morgan fingerprint density at radius 2 is 1.68 bits per heavy atom. The van der Waals surface area contributed by atoms with Crippen molar-refractivity contribution in [2.45, 2.75) is 12.3 Å². The van der Waals surface area contributed by atoms with E-state index in [2.05, 4.69) is 15.9 Å². The molecule has 1 aliphatic heterocycles. The first-order valence-corrected chi connectivity index (χ1v) is 8.65. The molecule has 1 amide bonds. The van der Waals surface area contributed by atoms with Crippen LogP contribution in [-0.2, 0) is 11.2 Å². The summed E-state index contributed by atoms with van der Waals surface area (Å²) in [7, 11) is 6.55. The van der Waals surface area contributed by atoms with Crippen molar-refractivity contribution in [1.82, 2.24) is 0 Å². The number of carbonyl (C=O) groups excluding carboxylic acids is 1. The van der Waals surface area contributed by atoms with E-state index in [0.717, 1.165) is 21.3 Å². The van der Waals surface area contributed by atoms with E-state index in [-0.39, 0.29) is 11.8 Å². The van der Waals surface area contributed by atoms with E-state index < -0.39 is 0 Å². The molecule has 0 fully saturated rings. The third kappa shape index (κ3) is 3.06. The number of carbonyl (C=O) groups is 1. The highest BCUT2D eigenvalue weighted by Crippen LogP contribution is 2.43. The maximum absolute atomic E-state index is 12.7.